The van der Waals surface area contributed by atoms with Crippen LogP contribution in [-0.2, 0) is 14.8 Å². The molecule has 0 unspecified atom stereocenters. The summed E-state index contributed by atoms with van der Waals surface area (Å²) in [6, 6.07) is 6.78. The van der Waals surface area contributed by atoms with Crippen LogP contribution in [0.5, 0.6) is 0 Å². The fourth-order valence-electron chi connectivity index (χ4n) is 2.00. The number of carboxylic acids is 1. The number of nitrogens with one attached hydrogen (secondary N) is 1. The van der Waals surface area contributed by atoms with E-state index < -0.39 is 16.0 Å². The minimum atomic E-state index is -3.49. The standard InChI is InChI=1S/C13H17NO4S2/c1-14-20(17,18)11-5-3-2-4-10(11)19-9-13(6-7-13)8-12(15)16/h2-5,14H,6-9H2,1H3,(H,15,16). The maximum absolute atomic E-state index is 11.9. The van der Waals surface area contributed by atoms with Gasteiger partial charge in [0, 0.05) is 10.6 Å². The van der Waals surface area contributed by atoms with E-state index in [-0.39, 0.29) is 16.7 Å². The molecule has 110 valence electrons. The Balaban J connectivity index is 2.13. The summed E-state index contributed by atoms with van der Waals surface area (Å²) < 4.78 is 26.1. The molecule has 2 rings (SSSR count). The Kier molecular flexibility index (Phi) is 4.41. The molecule has 1 aromatic carbocycles. The Morgan fingerprint density at radius 1 is 1.40 bits per heavy atom. The van der Waals surface area contributed by atoms with E-state index in [1.54, 1.807) is 24.3 Å². The fourth-order valence-corrected chi connectivity index (χ4v) is 4.56. The maximum Gasteiger partial charge on any atom is 0.303 e. The number of carboxylic acid groups (broad SMARTS) is 1. The van der Waals surface area contributed by atoms with Gasteiger partial charge in [0.2, 0.25) is 10.0 Å². The van der Waals surface area contributed by atoms with Crippen LogP contribution >= 0.6 is 11.8 Å². The van der Waals surface area contributed by atoms with Crippen LogP contribution in [0.25, 0.3) is 0 Å². The van der Waals surface area contributed by atoms with Gasteiger partial charge in [-0.15, -0.1) is 11.8 Å². The average Bonchev–Trinajstić information content (AvgIpc) is 3.16. The topological polar surface area (TPSA) is 83.5 Å². The van der Waals surface area contributed by atoms with Crippen molar-refractivity contribution >= 4 is 27.8 Å². The number of carbonyl (C=O) groups is 1. The monoisotopic (exact) mass is 315 g/mol. The fraction of sp³-hybridized carbons (Fsp3) is 0.462. The first kappa shape index (κ1) is 15.3. The lowest BCUT2D eigenvalue weighted by atomic mass is 10.1. The molecule has 1 saturated carbocycles. The van der Waals surface area contributed by atoms with Crippen molar-refractivity contribution in [1.29, 1.82) is 0 Å². The molecular formula is C13H17NO4S2. The highest BCUT2D eigenvalue weighted by Crippen LogP contribution is 2.52. The summed E-state index contributed by atoms with van der Waals surface area (Å²) in [7, 11) is -2.11. The van der Waals surface area contributed by atoms with Crippen molar-refractivity contribution in [3.05, 3.63) is 24.3 Å². The second-order valence-electron chi connectivity index (χ2n) is 5.01. The summed E-state index contributed by atoms with van der Waals surface area (Å²) in [6.45, 7) is 0. The van der Waals surface area contributed by atoms with Gasteiger partial charge in [0.05, 0.1) is 11.3 Å². The van der Waals surface area contributed by atoms with Gasteiger partial charge in [0.1, 0.15) is 0 Å². The normalized spacial score (nSPS) is 16.9. The summed E-state index contributed by atoms with van der Waals surface area (Å²) in [6.07, 6.45) is 1.95. The predicted molar refractivity (Wildman–Crippen MR) is 77.3 cm³/mol. The quantitative estimate of drug-likeness (QED) is 0.751. The van der Waals surface area contributed by atoms with Gasteiger partial charge in [-0.1, -0.05) is 12.1 Å². The molecule has 1 aromatic rings. The number of hydrogen-bond acceptors (Lipinski definition) is 4. The molecule has 0 saturated heterocycles. The Morgan fingerprint density at radius 3 is 2.60 bits per heavy atom. The molecule has 1 aliphatic carbocycles. The van der Waals surface area contributed by atoms with Crippen molar-refractivity contribution < 1.29 is 18.3 Å². The molecule has 0 heterocycles. The Labute approximate surface area is 122 Å². The van der Waals surface area contributed by atoms with Gasteiger partial charge in [-0.25, -0.2) is 13.1 Å². The molecule has 2 N–H and O–H groups in total. The van der Waals surface area contributed by atoms with Crippen molar-refractivity contribution in [1.82, 2.24) is 4.72 Å². The Bertz CT molecular complexity index is 609. The first-order chi connectivity index (χ1) is 9.38. The summed E-state index contributed by atoms with van der Waals surface area (Å²) >= 11 is 1.42. The molecule has 0 bridgehead atoms. The number of thioether (sulfide) groups is 1. The van der Waals surface area contributed by atoms with Gasteiger partial charge >= 0.3 is 5.97 Å². The van der Waals surface area contributed by atoms with Crippen molar-refractivity contribution in [3.63, 3.8) is 0 Å². The van der Waals surface area contributed by atoms with E-state index in [0.717, 1.165) is 12.8 Å². The van der Waals surface area contributed by atoms with Crippen molar-refractivity contribution in [2.45, 2.75) is 29.1 Å². The molecule has 0 atom stereocenters. The molecule has 0 amide bonds. The number of benzene rings is 1. The number of rotatable bonds is 7. The van der Waals surface area contributed by atoms with Crippen molar-refractivity contribution in [2.24, 2.45) is 5.41 Å². The van der Waals surface area contributed by atoms with E-state index in [1.165, 1.54) is 18.8 Å². The van der Waals surface area contributed by atoms with Gasteiger partial charge in [0.15, 0.2) is 0 Å². The summed E-state index contributed by atoms with van der Waals surface area (Å²) in [5.74, 6) is -0.158. The summed E-state index contributed by atoms with van der Waals surface area (Å²) in [5.41, 5.74) is -0.160. The van der Waals surface area contributed by atoms with Crippen LogP contribution in [0.2, 0.25) is 0 Å². The zero-order valence-electron chi connectivity index (χ0n) is 11.1. The third-order valence-corrected chi connectivity index (χ3v) is 6.45. The number of hydrogen-bond donors (Lipinski definition) is 2. The molecule has 0 aliphatic heterocycles. The van der Waals surface area contributed by atoms with Crippen LogP contribution in [0.3, 0.4) is 0 Å². The highest BCUT2D eigenvalue weighted by Gasteiger charge is 2.44. The smallest absolute Gasteiger partial charge is 0.303 e. The first-order valence-electron chi connectivity index (χ1n) is 6.26. The lowest BCUT2D eigenvalue weighted by Crippen LogP contribution is -2.19. The molecule has 7 heteroatoms. The van der Waals surface area contributed by atoms with Gasteiger partial charge < -0.3 is 5.11 Å². The number of aliphatic carboxylic acids is 1. The van der Waals surface area contributed by atoms with E-state index in [0.29, 0.717) is 10.6 Å². The van der Waals surface area contributed by atoms with Crippen LogP contribution in [0.15, 0.2) is 34.1 Å². The van der Waals surface area contributed by atoms with Gasteiger partial charge in [0.25, 0.3) is 0 Å². The highest BCUT2D eigenvalue weighted by molar-refractivity contribution is 8.00. The SMILES string of the molecule is CNS(=O)(=O)c1ccccc1SCC1(CC(=O)O)CC1. The minimum absolute atomic E-state index is 0.154. The molecular weight excluding hydrogens is 298 g/mol. The van der Waals surface area contributed by atoms with E-state index in [2.05, 4.69) is 4.72 Å². The zero-order valence-corrected chi connectivity index (χ0v) is 12.8. The third kappa shape index (κ3) is 3.53. The molecule has 20 heavy (non-hydrogen) atoms. The minimum Gasteiger partial charge on any atom is -0.481 e. The maximum atomic E-state index is 11.9. The Morgan fingerprint density at radius 2 is 2.05 bits per heavy atom. The molecule has 1 fully saturated rings. The van der Waals surface area contributed by atoms with Gasteiger partial charge in [-0.2, -0.15) is 0 Å². The van der Waals surface area contributed by atoms with Crippen LogP contribution in [0.4, 0.5) is 0 Å². The largest absolute Gasteiger partial charge is 0.481 e. The van der Waals surface area contributed by atoms with Crippen LogP contribution in [0.1, 0.15) is 19.3 Å². The second-order valence-corrected chi connectivity index (χ2v) is 7.89. The second kappa shape index (κ2) is 5.75. The highest BCUT2D eigenvalue weighted by atomic mass is 32.2. The van der Waals surface area contributed by atoms with E-state index in [1.807, 2.05) is 0 Å². The van der Waals surface area contributed by atoms with Gasteiger partial charge in [-0.3, -0.25) is 4.79 Å². The van der Waals surface area contributed by atoms with E-state index >= 15 is 0 Å². The van der Waals surface area contributed by atoms with E-state index in [4.69, 9.17) is 5.11 Å². The van der Waals surface area contributed by atoms with Crippen LogP contribution < -0.4 is 4.72 Å². The van der Waals surface area contributed by atoms with Crippen LogP contribution in [0, 0.1) is 5.41 Å². The summed E-state index contributed by atoms with van der Waals surface area (Å²) in [5, 5.41) is 8.89. The summed E-state index contributed by atoms with van der Waals surface area (Å²) in [4.78, 5) is 11.7. The zero-order chi connectivity index (χ0) is 14.8. The molecule has 0 aromatic heterocycles. The van der Waals surface area contributed by atoms with Crippen LogP contribution in [-0.4, -0.2) is 32.3 Å². The molecule has 0 spiro atoms. The lowest BCUT2D eigenvalue weighted by Gasteiger charge is -2.14. The predicted octanol–water partition coefficient (Wildman–Crippen LogP) is 1.94. The lowest BCUT2D eigenvalue weighted by molar-refractivity contribution is -0.138. The number of sulfonamides is 1. The molecule has 5 nitrogen and oxygen atoms in total. The van der Waals surface area contributed by atoms with E-state index in [9.17, 15) is 13.2 Å². The Hall–Kier alpha value is -1.05. The molecule has 1 aliphatic rings. The molecule has 0 radical (unpaired) electrons. The third-order valence-electron chi connectivity index (χ3n) is 3.42. The van der Waals surface area contributed by atoms with Gasteiger partial charge in [-0.05, 0) is 37.4 Å². The van der Waals surface area contributed by atoms with Crippen molar-refractivity contribution in [3.8, 4) is 0 Å². The van der Waals surface area contributed by atoms with Crippen molar-refractivity contribution in [2.75, 3.05) is 12.8 Å². The average molecular weight is 315 g/mol. The first-order valence-corrected chi connectivity index (χ1v) is 8.73.